The van der Waals surface area contributed by atoms with Gasteiger partial charge in [0.05, 0.1) is 11.7 Å². The average molecular weight is 234 g/mol. The Hall–Kier alpha value is -1.68. The van der Waals surface area contributed by atoms with Gasteiger partial charge in [-0.1, -0.05) is 0 Å². The lowest BCUT2D eigenvalue weighted by atomic mass is 9.83. The molecular weight excluding hydrogens is 220 g/mol. The van der Waals surface area contributed by atoms with Crippen LogP contribution in [0.2, 0.25) is 0 Å². The minimum absolute atomic E-state index is 0.0793. The number of phenols is 1. The minimum atomic E-state index is -0.697. The maximum absolute atomic E-state index is 11.8. The zero-order valence-electron chi connectivity index (χ0n) is 9.78. The second-order valence-electron chi connectivity index (χ2n) is 4.47. The number of Topliss-reactive ketones (excluding diaryl/α,β-unsaturated/α-hetero) is 2. The molecule has 0 bridgehead atoms. The summed E-state index contributed by atoms with van der Waals surface area (Å²) in [6.45, 7) is 3.02. The fourth-order valence-electron chi connectivity index (χ4n) is 2.50. The molecule has 90 valence electrons. The topological polar surface area (TPSA) is 74.6 Å². The monoisotopic (exact) mass is 234 g/mol. The van der Waals surface area contributed by atoms with Crippen LogP contribution < -0.4 is 0 Å². The summed E-state index contributed by atoms with van der Waals surface area (Å²) in [5.74, 6) is -0.545. The molecule has 0 spiro atoms. The van der Waals surface area contributed by atoms with Crippen molar-refractivity contribution in [3.05, 3.63) is 28.3 Å². The zero-order valence-corrected chi connectivity index (χ0v) is 9.78. The van der Waals surface area contributed by atoms with Crippen molar-refractivity contribution in [1.82, 2.24) is 0 Å². The number of rotatable bonds is 1. The van der Waals surface area contributed by atoms with Gasteiger partial charge in [0.15, 0.2) is 11.6 Å². The van der Waals surface area contributed by atoms with E-state index >= 15 is 0 Å². The Labute approximate surface area is 98.9 Å². The van der Waals surface area contributed by atoms with Gasteiger partial charge in [-0.3, -0.25) is 9.59 Å². The molecular formula is C13H14O4. The lowest BCUT2D eigenvalue weighted by Gasteiger charge is -2.23. The number of aliphatic hydroxyl groups excluding tert-OH is 1. The SMILES string of the molecule is CC(=O)c1c(O)cc2c(c1C)C(=O)C[C@@H](O)C2. The van der Waals surface area contributed by atoms with Gasteiger partial charge in [-0.15, -0.1) is 0 Å². The third-order valence-corrected chi connectivity index (χ3v) is 3.15. The van der Waals surface area contributed by atoms with Gasteiger partial charge in [-0.05, 0) is 37.5 Å². The minimum Gasteiger partial charge on any atom is -0.507 e. The van der Waals surface area contributed by atoms with Crippen LogP contribution in [0.1, 0.15) is 45.2 Å². The van der Waals surface area contributed by atoms with Crippen LogP contribution in [-0.2, 0) is 6.42 Å². The van der Waals surface area contributed by atoms with Crippen molar-refractivity contribution in [2.24, 2.45) is 0 Å². The highest BCUT2D eigenvalue weighted by molar-refractivity contribution is 6.06. The van der Waals surface area contributed by atoms with E-state index in [9.17, 15) is 19.8 Å². The lowest BCUT2D eigenvalue weighted by Crippen LogP contribution is -2.25. The summed E-state index contributed by atoms with van der Waals surface area (Å²) in [5.41, 5.74) is 1.82. The normalized spacial score (nSPS) is 19.0. The summed E-state index contributed by atoms with van der Waals surface area (Å²) >= 11 is 0. The first-order chi connectivity index (χ1) is 7.91. The number of carbonyl (C=O) groups is 2. The molecule has 0 aliphatic heterocycles. The Morgan fingerprint density at radius 2 is 2.06 bits per heavy atom. The van der Waals surface area contributed by atoms with Crippen molar-refractivity contribution in [2.45, 2.75) is 32.8 Å². The fourth-order valence-corrected chi connectivity index (χ4v) is 2.50. The van der Waals surface area contributed by atoms with Gasteiger partial charge >= 0.3 is 0 Å². The van der Waals surface area contributed by atoms with Gasteiger partial charge in [-0.25, -0.2) is 0 Å². The first kappa shape index (κ1) is 11.8. The Morgan fingerprint density at radius 3 is 2.65 bits per heavy atom. The number of phenolic OH excluding ortho intramolecular Hbond substituents is 1. The largest absolute Gasteiger partial charge is 0.507 e. The molecule has 0 saturated heterocycles. The Balaban J connectivity index is 2.70. The summed E-state index contributed by atoms with van der Waals surface area (Å²) in [6, 6.07) is 1.42. The molecule has 2 N–H and O–H groups in total. The molecule has 0 unspecified atom stereocenters. The molecule has 4 nitrogen and oxygen atoms in total. The van der Waals surface area contributed by atoms with Crippen LogP contribution in [0.25, 0.3) is 0 Å². The smallest absolute Gasteiger partial charge is 0.166 e. The van der Waals surface area contributed by atoms with Crippen molar-refractivity contribution < 1.29 is 19.8 Å². The van der Waals surface area contributed by atoms with E-state index in [1.807, 2.05) is 0 Å². The maximum atomic E-state index is 11.8. The van der Waals surface area contributed by atoms with Crippen molar-refractivity contribution in [2.75, 3.05) is 0 Å². The Bertz CT molecular complexity index is 517. The van der Waals surface area contributed by atoms with Crippen LogP contribution >= 0.6 is 0 Å². The predicted molar refractivity (Wildman–Crippen MR) is 61.5 cm³/mol. The molecule has 1 aromatic rings. The van der Waals surface area contributed by atoms with Crippen LogP contribution in [0, 0.1) is 6.92 Å². The highest BCUT2D eigenvalue weighted by Gasteiger charge is 2.28. The number of hydrogen-bond acceptors (Lipinski definition) is 4. The number of aliphatic hydroxyl groups is 1. The third-order valence-electron chi connectivity index (χ3n) is 3.15. The molecule has 2 rings (SSSR count). The van der Waals surface area contributed by atoms with E-state index in [1.165, 1.54) is 13.0 Å². The molecule has 4 heteroatoms. The molecule has 0 amide bonds. The van der Waals surface area contributed by atoms with Crippen LogP contribution in [0.3, 0.4) is 0 Å². The predicted octanol–water partition coefficient (Wildman–Crippen LogP) is 1.39. The van der Waals surface area contributed by atoms with Gasteiger partial charge < -0.3 is 10.2 Å². The molecule has 1 aliphatic rings. The lowest BCUT2D eigenvalue weighted by molar-refractivity contribution is 0.0852. The summed E-state index contributed by atoms with van der Waals surface area (Å²) in [4.78, 5) is 23.3. The van der Waals surface area contributed by atoms with Crippen LogP contribution in [-0.4, -0.2) is 27.9 Å². The van der Waals surface area contributed by atoms with Gasteiger partial charge in [0.1, 0.15) is 5.75 Å². The van der Waals surface area contributed by atoms with Gasteiger partial charge in [0, 0.05) is 12.0 Å². The zero-order chi connectivity index (χ0) is 12.7. The van der Waals surface area contributed by atoms with E-state index in [2.05, 4.69) is 0 Å². The first-order valence-corrected chi connectivity index (χ1v) is 5.49. The highest BCUT2D eigenvalue weighted by atomic mass is 16.3. The van der Waals surface area contributed by atoms with Gasteiger partial charge in [0.25, 0.3) is 0 Å². The van der Waals surface area contributed by atoms with Crippen molar-refractivity contribution in [3.63, 3.8) is 0 Å². The fraction of sp³-hybridized carbons (Fsp3) is 0.385. The van der Waals surface area contributed by atoms with Crippen LogP contribution in [0.15, 0.2) is 6.07 Å². The van der Waals surface area contributed by atoms with Gasteiger partial charge in [-0.2, -0.15) is 0 Å². The van der Waals surface area contributed by atoms with Crippen molar-refractivity contribution >= 4 is 11.6 Å². The number of aromatic hydroxyl groups is 1. The second kappa shape index (κ2) is 3.96. The molecule has 0 saturated carbocycles. The second-order valence-corrected chi connectivity index (χ2v) is 4.47. The first-order valence-electron chi connectivity index (χ1n) is 5.49. The molecule has 0 heterocycles. The number of benzene rings is 1. The van der Waals surface area contributed by atoms with E-state index in [0.29, 0.717) is 23.1 Å². The summed E-state index contributed by atoms with van der Waals surface area (Å²) in [7, 11) is 0. The number of fused-ring (bicyclic) bond motifs is 1. The summed E-state index contributed by atoms with van der Waals surface area (Å²) in [6.07, 6.45) is -0.277. The molecule has 17 heavy (non-hydrogen) atoms. The highest BCUT2D eigenvalue weighted by Crippen LogP contribution is 2.32. The number of hydrogen-bond donors (Lipinski definition) is 2. The van der Waals surface area contributed by atoms with E-state index < -0.39 is 6.10 Å². The quantitative estimate of drug-likeness (QED) is 0.720. The van der Waals surface area contributed by atoms with E-state index in [-0.39, 0.29) is 29.3 Å². The average Bonchev–Trinajstić information content (AvgIpc) is 2.13. The maximum Gasteiger partial charge on any atom is 0.166 e. The molecule has 0 radical (unpaired) electrons. The molecule has 1 aliphatic carbocycles. The molecule has 0 fully saturated rings. The van der Waals surface area contributed by atoms with Crippen LogP contribution in [0.5, 0.6) is 5.75 Å². The number of carbonyl (C=O) groups excluding carboxylic acids is 2. The summed E-state index contributed by atoms with van der Waals surface area (Å²) in [5, 5.41) is 19.3. The van der Waals surface area contributed by atoms with Crippen molar-refractivity contribution in [1.29, 1.82) is 0 Å². The van der Waals surface area contributed by atoms with Crippen molar-refractivity contribution in [3.8, 4) is 5.75 Å². The van der Waals surface area contributed by atoms with Crippen LogP contribution in [0.4, 0.5) is 0 Å². The van der Waals surface area contributed by atoms with E-state index in [4.69, 9.17) is 0 Å². The van der Waals surface area contributed by atoms with E-state index in [0.717, 1.165) is 0 Å². The standard InChI is InChI=1S/C13H14O4/c1-6-12(7(2)14)10(16)4-8-3-9(15)5-11(17)13(6)8/h4,9,15-16H,3,5H2,1-2H3/t9-/m0/s1. The number of ketones is 2. The molecule has 1 aromatic carbocycles. The van der Waals surface area contributed by atoms with Gasteiger partial charge in [0.2, 0.25) is 0 Å². The summed E-state index contributed by atoms with van der Waals surface area (Å²) < 4.78 is 0. The molecule has 0 aromatic heterocycles. The Morgan fingerprint density at radius 1 is 1.41 bits per heavy atom. The Kier molecular flexibility index (Phi) is 2.75. The van der Waals surface area contributed by atoms with E-state index in [1.54, 1.807) is 6.92 Å². The third kappa shape index (κ3) is 1.85. The molecule has 1 atom stereocenters.